The monoisotopic (exact) mass is 228 g/mol. The van der Waals surface area contributed by atoms with Gasteiger partial charge in [-0.05, 0) is 24.6 Å². The number of carboxylic acid groups (broad SMARTS) is 1. The van der Waals surface area contributed by atoms with Crippen molar-refractivity contribution in [3.63, 3.8) is 0 Å². The second-order valence-electron chi connectivity index (χ2n) is 2.96. The zero-order valence-corrected chi connectivity index (χ0v) is 8.88. The summed E-state index contributed by atoms with van der Waals surface area (Å²) in [7, 11) is 0. The Morgan fingerprint density at radius 2 is 2.27 bits per heavy atom. The standard InChI is InChI=1S/C11H10ClFO2/c1-2-7(11(14)15)6-8-9(12)4-3-5-10(8)13/h3-6H,2H2,1H3,(H,14,15)/b7-6+. The van der Waals surface area contributed by atoms with Gasteiger partial charge in [0, 0.05) is 11.1 Å². The minimum absolute atomic E-state index is 0.124. The summed E-state index contributed by atoms with van der Waals surface area (Å²) in [6.45, 7) is 1.69. The van der Waals surface area contributed by atoms with Crippen LogP contribution in [0.4, 0.5) is 4.39 Å². The van der Waals surface area contributed by atoms with Gasteiger partial charge in [0.15, 0.2) is 0 Å². The first kappa shape index (κ1) is 11.7. The Balaban J connectivity index is 3.22. The number of carbonyl (C=O) groups is 1. The summed E-state index contributed by atoms with van der Waals surface area (Å²) < 4.78 is 13.3. The van der Waals surface area contributed by atoms with Crippen LogP contribution in [0, 0.1) is 5.82 Å². The zero-order chi connectivity index (χ0) is 11.4. The van der Waals surface area contributed by atoms with Crippen molar-refractivity contribution in [2.45, 2.75) is 13.3 Å². The number of halogens is 2. The van der Waals surface area contributed by atoms with Gasteiger partial charge in [0.2, 0.25) is 0 Å². The van der Waals surface area contributed by atoms with Crippen molar-refractivity contribution in [1.29, 1.82) is 0 Å². The lowest BCUT2D eigenvalue weighted by molar-refractivity contribution is -0.132. The molecule has 0 bridgehead atoms. The summed E-state index contributed by atoms with van der Waals surface area (Å²) in [5.74, 6) is -1.58. The Morgan fingerprint density at radius 1 is 1.60 bits per heavy atom. The normalized spacial score (nSPS) is 11.5. The van der Waals surface area contributed by atoms with Crippen molar-refractivity contribution < 1.29 is 14.3 Å². The van der Waals surface area contributed by atoms with Gasteiger partial charge >= 0.3 is 5.97 Å². The predicted octanol–water partition coefficient (Wildman–Crippen LogP) is 3.36. The van der Waals surface area contributed by atoms with Crippen LogP contribution >= 0.6 is 11.6 Å². The van der Waals surface area contributed by atoms with Crippen LogP contribution in [0.3, 0.4) is 0 Å². The van der Waals surface area contributed by atoms with Crippen LogP contribution in [0.15, 0.2) is 23.8 Å². The van der Waals surface area contributed by atoms with E-state index in [0.29, 0.717) is 6.42 Å². The van der Waals surface area contributed by atoms with E-state index in [2.05, 4.69) is 0 Å². The van der Waals surface area contributed by atoms with Crippen molar-refractivity contribution in [3.05, 3.63) is 40.2 Å². The molecule has 1 aromatic carbocycles. The third-order valence-corrected chi connectivity index (χ3v) is 2.30. The van der Waals surface area contributed by atoms with E-state index >= 15 is 0 Å². The van der Waals surface area contributed by atoms with Gasteiger partial charge < -0.3 is 5.11 Å². The maximum Gasteiger partial charge on any atom is 0.331 e. The molecule has 0 aliphatic heterocycles. The first-order valence-corrected chi connectivity index (χ1v) is 4.82. The Kier molecular flexibility index (Phi) is 3.86. The van der Waals surface area contributed by atoms with E-state index in [9.17, 15) is 9.18 Å². The maximum atomic E-state index is 13.3. The molecule has 0 heterocycles. The Labute approximate surface area is 92.0 Å². The zero-order valence-electron chi connectivity index (χ0n) is 8.13. The highest BCUT2D eigenvalue weighted by molar-refractivity contribution is 6.32. The summed E-state index contributed by atoms with van der Waals surface area (Å²) in [6.07, 6.45) is 1.58. The fraction of sp³-hybridized carbons (Fsp3) is 0.182. The number of benzene rings is 1. The molecule has 1 N–H and O–H groups in total. The van der Waals surface area contributed by atoms with Crippen LogP contribution in [0.25, 0.3) is 6.08 Å². The fourth-order valence-electron chi connectivity index (χ4n) is 1.14. The molecular weight excluding hydrogens is 219 g/mol. The third-order valence-electron chi connectivity index (χ3n) is 1.97. The molecule has 0 aromatic heterocycles. The van der Waals surface area contributed by atoms with Gasteiger partial charge in [-0.3, -0.25) is 0 Å². The van der Waals surface area contributed by atoms with E-state index in [1.54, 1.807) is 6.92 Å². The first-order chi connectivity index (χ1) is 7.06. The summed E-state index contributed by atoms with van der Waals surface area (Å²) in [4.78, 5) is 10.7. The van der Waals surface area contributed by atoms with Crippen molar-refractivity contribution in [2.24, 2.45) is 0 Å². The van der Waals surface area contributed by atoms with Gasteiger partial charge in [0.25, 0.3) is 0 Å². The molecule has 0 aliphatic carbocycles. The van der Waals surface area contributed by atoms with E-state index in [1.165, 1.54) is 24.3 Å². The predicted molar refractivity (Wildman–Crippen MR) is 57.3 cm³/mol. The van der Waals surface area contributed by atoms with Crippen LogP contribution in [-0.4, -0.2) is 11.1 Å². The van der Waals surface area contributed by atoms with Crippen LogP contribution in [0.2, 0.25) is 5.02 Å². The third kappa shape index (κ3) is 2.80. The molecule has 0 saturated carbocycles. The highest BCUT2D eigenvalue weighted by Gasteiger charge is 2.09. The second-order valence-corrected chi connectivity index (χ2v) is 3.37. The smallest absolute Gasteiger partial charge is 0.331 e. The minimum atomic E-state index is -1.06. The average Bonchev–Trinajstić information content (AvgIpc) is 2.17. The quantitative estimate of drug-likeness (QED) is 0.806. The van der Waals surface area contributed by atoms with E-state index < -0.39 is 11.8 Å². The van der Waals surface area contributed by atoms with E-state index in [4.69, 9.17) is 16.7 Å². The lowest BCUT2D eigenvalue weighted by Crippen LogP contribution is -1.99. The van der Waals surface area contributed by atoms with Crippen LogP contribution in [-0.2, 0) is 4.79 Å². The van der Waals surface area contributed by atoms with Crippen LogP contribution < -0.4 is 0 Å². The molecule has 0 saturated heterocycles. The first-order valence-electron chi connectivity index (χ1n) is 4.44. The highest BCUT2D eigenvalue weighted by atomic mass is 35.5. The summed E-state index contributed by atoms with van der Waals surface area (Å²) in [5.41, 5.74) is 0.250. The van der Waals surface area contributed by atoms with Crippen molar-refractivity contribution in [3.8, 4) is 0 Å². The van der Waals surface area contributed by atoms with Gasteiger partial charge in [-0.15, -0.1) is 0 Å². The molecule has 0 aliphatic rings. The van der Waals surface area contributed by atoms with E-state index in [-0.39, 0.29) is 16.2 Å². The SMILES string of the molecule is CC/C(=C\c1c(F)cccc1Cl)C(=O)O. The molecule has 0 fully saturated rings. The molecule has 0 atom stereocenters. The molecule has 4 heteroatoms. The van der Waals surface area contributed by atoms with E-state index in [0.717, 1.165) is 0 Å². The van der Waals surface area contributed by atoms with Crippen molar-refractivity contribution >= 4 is 23.6 Å². The Morgan fingerprint density at radius 3 is 2.73 bits per heavy atom. The largest absolute Gasteiger partial charge is 0.478 e. The minimum Gasteiger partial charge on any atom is -0.478 e. The maximum absolute atomic E-state index is 13.3. The molecule has 0 unspecified atom stereocenters. The molecule has 0 amide bonds. The van der Waals surface area contributed by atoms with Gasteiger partial charge in [-0.2, -0.15) is 0 Å². The van der Waals surface area contributed by atoms with Crippen molar-refractivity contribution in [2.75, 3.05) is 0 Å². The number of hydrogen-bond acceptors (Lipinski definition) is 1. The fourth-order valence-corrected chi connectivity index (χ4v) is 1.36. The van der Waals surface area contributed by atoms with Gasteiger partial charge in [-0.25, -0.2) is 9.18 Å². The number of hydrogen-bond donors (Lipinski definition) is 1. The molecule has 15 heavy (non-hydrogen) atoms. The number of carboxylic acids is 1. The molecule has 2 nitrogen and oxygen atoms in total. The van der Waals surface area contributed by atoms with Gasteiger partial charge in [0.1, 0.15) is 5.82 Å². The lowest BCUT2D eigenvalue weighted by Gasteiger charge is -2.02. The summed E-state index contributed by atoms with van der Waals surface area (Å²) in [5, 5.41) is 8.99. The molecule has 80 valence electrons. The van der Waals surface area contributed by atoms with Gasteiger partial charge in [0.05, 0.1) is 5.02 Å². The lowest BCUT2D eigenvalue weighted by atomic mass is 10.1. The molecule has 0 spiro atoms. The summed E-state index contributed by atoms with van der Waals surface area (Å²) in [6, 6.07) is 4.24. The summed E-state index contributed by atoms with van der Waals surface area (Å²) >= 11 is 5.76. The van der Waals surface area contributed by atoms with Crippen LogP contribution in [0.5, 0.6) is 0 Å². The van der Waals surface area contributed by atoms with Crippen molar-refractivity contribution in [1.82, 2.24) is 0 Å². The second kappa shape index (κ2) is 4.94. The molecular formula is C11H10ClFO2. The number of rotatable bonds is 3. The van der Waals surface area contributed by atoms with E-state index in [1.807, 2.05) is 0 Å². The number of aliphatic carboxylic acids is 1. The highest BCUT2D eigenvalue weighted by Crippen LogP contribution is 2.22. The topological polar surface area (TPSA) is 37.3 Å². The molecule has 1 rings (SSSR count). The van der Waals surface area contributed by atoms with Gasteiger partial charge in [-0.1, -0.05) is 24.6 Å². The molecule has 1 aromatic rings. The average molecular weight is 229 g/mol. The van der Waals surface area contributed by atoms with Crippen LogP contribution in [0.1, 0.15) is 18.9 Å². The Bertz CT molecular complexity index is 393. The Hall–Kier alpha value is -1.35. The molecule has 0 radical (unpaired) electrons.